The first-order valence-corrected chi connectivity index (χ1v) is 7.94. The molecule has 2 heteroatoms. The van der Waals surface area contributed by atoms with E-state index in [-0.39, 0.29) is 0 Å². The maximum atomic E-state index is 5.78. The summed E-state index contributed by atoms with van der Waals surface area (Å²) in [7, 11) is 0. The van der Waals surface area contributed by atoms with Gasteiger partial charge in [0.2, 0.25) is 0 Å². The third kappa shape index (κ3) is 2.09. The molecule has 0 N–H and O–H groups in total. The Labute approximate surface area is 118 Å². The highest BCUT2D eigenvalue weighted by Crippen LogP contribution is 2.52. The van der Waals surface area contributed by atoms with E-state index in [2.05, 4.69) is 48.0 Å². The van der Waals surface area contributed by atoms with E-state index in [4.69, 9.17) is 4.74 Å². The number of hydrogen-bond donors (Lipinski definition) is 0. The van der Waals surface area contributed by atoms with Gasteiger partial charge < -0.3 is 4.74 Å². The van der Waals surface area contributed by atoms with Crippen molar-refractivity contribution >= 4 is 15.9 Å². The van der Waals surface area contributed by atoms with E-state index in [1.165, 1.54) is 36.8 Å². The molecule has 2 atom stereocenters. The number of fused-ring (bicyclic) bond motifs is 1. The Hall–Kier alpha value is -0.500. The summed E-state index contributed by atoms with van der Waals surface area (Å²) in [6.07, 6.45) is 6.83. The van der Waals surface area contributed by atoms with Crippen molar-refractivity contribution in [3.8, 4) is 5.75 Å². The normalized spacial score (nSPS) is 26.7. The van der Waals surface area contributed by atoms with Crippen LogP contribution < -0.4 is 4.74 Å². The van der Waals surface area contributed by atoms with E-state index in [0.717, 1.165) is 12.2 Å². The second-order valence-corrected chi connectivity index (χ2v) is 7.14. The van der Waals surface area contributed by atoms with E-state index in [1.54, 1.807) is 0 Å². The summed E-state index contributed by atoms with van der Waals surface area (Å²) in [5, 5.41) is 0. The predicted octanol–water partition coefficient (Wildman–Crippen LogP) is 5.03. The summed E-state index contributed by atoms with van der Waals surface area (Å²) in [6, 6.07) is 6.74. The molecule has 1 heterocycles. The van der Waals surface area contributed by atoms with Crippen molar-refractivity contribution in [1.82, 2.24) is 0 Å². The first-order chi connectivity index (χ1) is 8.58. The monoisotopic (exact) mass is 308 g/mol. The Morgan fingerprint density at radius 2 is 2.06 bits per heavy atom. The molecule has 0 bridgehead atoms. The number of hydrogen-bond acceptors (Lipinski definition) is 1. The third-order valence-electron chi connectivity index (χ3n) is 4.57. The largest absolute Gasteiger partial charge is 0.490 e. The molecule has 0 aromatic heterocycles. The molecule has 98 valence electrons. The van der Waals surface area contributed by atoms with Crippen LogP contribution in [0, 0.1) is 5.41 Å². The van der Waals surface area contributed by atoms with Crippen LogP contribution in [0.15, 0.2) is 18.2 Å². The minimum absolute atomic E-state index is 0.339. The van der Waals surface area contributed by atoms with E-state index in [1.807, 2.05) is 0 Å². The molecule has 2 unspecified atom stereocenters. The van der Waals surface area contributed by atoms with Gasteiger partial charge in [0, 0.05) is 11.2 Å². The summed E-state index contributed by atoms with van der Waals surface area (Å²) in [5.74, 6) is 1.09. The van der Waals surface area contributed by atoms with Gasteiger partial charge in [-0.25, -0.2) is 0 Å². The van der Waals surface area contributed by atoms with E-state index >= 15 is 0 Å². The van der Waals surface area contributed by atoms with Gasteiger partial charge in [-0.2, -0.15) is 0 Å². The lowest BCUT2D eigenvalue weighted by Gasteiger charge is -2.30. The maximum Gasteiger partial charge on any atom is 0.123 e. The van der Waals surface area contributed by atoms with Gasteiger partial charge in [0.25, 0.3) is 0 Å². The molecule has 2 aliphatic rings. The fourth-order valence-electron chi connectivity index (χ4n) is 3.44. The highest BCUT2D eigenvalue weighted by Gasteiger charge is 2.36. The third-order valence-corrected chi connectivity index (χ3v) is 6.20. The minimum atomic E-state index is 0.339. The molecule has 0 saturated heterocycles. The van der Waals surface area contributed by atoms with E-state index < -0.39 is 0 Å². The zero-order valence-corrected chi connectivity index (χ0v) is 12.8. The maximum absolute atomic E-state index is 5.78. The molecule has 0 radical (unpaired) electrons. The first kappa shape index (κ1) is 12.5. The molecule has 1 fully saturated rings. The van der Waals surface area contributed by atoms with Crippen LogP contribution in [0.25, 0.3) is 0 Å². The smallest absolute Gasteiger partial charge is 0.123 e. The van der Waals surface area contributed by atoms with E-state index in [9.17, 15) is 0 Å². The lowest BCUT2D eigenvalue weighted by atomic mass is 9.81. The van der Waals surface area contributed by atoms with Gasteiger partial charge in [-0.05, 0) is 42.4 Å². The second-order valence-electron chi connectivity index (χ2n) is 6.22. The minimum Gasteiger partial charge on any atom is -0.490 e. The number of ether oxygens (including phenoxy) is 1. The Morgan fingerprint density at radius 1 is 1.33 bits per heavy atom. The summed E-state index contributed by atoms with van der Waals surface area (Å²) >= 11 is 3.95. The topological polar surface area (TPSA) is 9.23 Å². The summed E-state index contributed by atoms with van der Waals surface area (Å²) in [6.45, 7) is 4.56. The Balaban J connectivity index is 1.87. The van der Waals surface area contributed by atoms with Crippen LogP contribution in [-0.4, -0.2) is 6.10 Å². The molecule has 1 aliphatic carbocycles. The van der Waals surface area contributed by atoms with Crippen molar-refractivity contribution in [2.45, 2.75) is 56.9 Å². The summed E-state index contributed by atoms with van der Waals surface area (Å²) < 4.78 is 5.78. The van der Waals surface area contributed by atoms with Gasteiger partial charge in [-0.15, -0.1) is 0 Å². The van der Waals surface area contributed by atoms with Gasteiger partial charge in [-0.1, -0.05) is 47.8 Å². The van der Waals surface area contributed by atoms with Crippen LogP contribution in [0.3, 0.4) is 0 Å². The van der Waals surface area contributed by atoms with Crippen LogP contribution in [-0.2, 0) is 6.42 Å². The van der Waals surface area contributed by atoms with Gasteiger partial charge >= 0.3 is 0 Å². The quantitative estimate of drug-likeness (QED) is 0.697. The lowest BCUT2D eigenvalue weighted by molar-refractivity contribution is 0.254. The summed E-state index contributed by atoms with van der Waals surface area (Å²) in [5.41, 5.74) is 3.24. The highest BCUT2D eigenvalue weighted by atomic mass is 79.9. The number of rotatable bonds is 2. The molecule has 1 aliphatic heterocycles. The molecular formula is C16H21BrO. The molecular weight excluding hydrogens is 288 g/mol. The zero-order chi connectivity index (χ0) is 12.8. The molecule has 18 heavy (non-hydrogen) atoms. The first-order valence-electron chi connectivity index (χ1n) is 7.02. The van der Waals surface area contributed by atoms with Gasteiger partial charge in [0.05, 0.1) is 0 Å². The van der Waals surface area contributed by atoms with Crippen molar-refractivity contribution in [3.63, 3.8) is 0 Å². The Kier molecular flexibility index (Phi) is 3.17. The van der Waals surface area contributed by atoms with Crippen LogP contribution in [0.2, 0.25) is 0 Å². The molecule has 1 nitrogen and oxygen atoms in total. The fraction of sp³-hybridized carbons (Fsp3) is 0.625. The second kappa shape index (κ2) is 4.56. The molecule has 1 saturated carbocycles. The van der Waals surface area contributed by atoms with Crippen molar-refractivity contribution in [3.05, 3.63) is 29.3 Å². The molecule has 1 aromatic rings. The highest BCUT2D eigenvalue weighted by molar-refractivity contribution is 9.09. The molecule has 3 rings (SSSR count). The van der Waals surface area contributed by atoms with Gasteiger partial charge in [0.15, 0.2) is 0 Å². The van der Waals surface area contributed by atoms with Crippen LogP contribution in [0.4, 0.5) is 0 Å². The molecule has 0 spiro atoms. The predicted molar refractivity (Wildman–Crippen MR) is 78.5 cm³/mol. The van der Waals surface area contributed by atoms with Crippen molar-refractivity contribution < 1.29 is 4.74 Å². The number of halogens is 1. The van der Waals surface area contributed by atoms with Crippen molar-refractivity contribution in [2.75, 3.05) is 0 Å². The summed E-state index contributed by atoms with van der Waals surface area (Å²) in [4.78, 5) is 0.480. The molecule has 1 aromatic carbocycles. The lowest BCUT2D eigenvalue weighted by Crippen LogP contribution is -2.17. The average Bonchev–Trinajstić information content (AvgIpc) is 2.93. The van der Waals surface area contributed by atoms with Crippen LogP contribution >= 0.6 is 15.9 Å². The van der Waals surface area contributed by atoms with Gasteiger partial charge in [0.1, 0.15) is 11.9 Å². The van der Waals surface area contributed by atoms with E-state index in [0.29, 0.717) is 16.3 Å². The standard InChI is InChI=1S/C16H21BrO/c1-11-9-13-10-12(5-6-14(13)18-11)15(17)16(2)7-3-4-8-16/h5-6,10-11,15H,3-4,7-9H2,1-2H3. The average molecular weight is 309 g/mol. The van der Waals surface area contributed by atoms with Gasteiger partial charge in [-0.3, -0.25) is 0 Å². The SMILES string of the molecule is CC1Cc2cc(C(Br)C3(C)CCCC3)ccc2O1. The van der Waals surface area contributed by atoms with Crippen molar-refractivity contribution in [2.24, 2.45) is 5.41 Å². The van der Waals surface area contributed by atoms with Crippen molar-refractivity contribution in [1.29, 1.82) is 0 Å². The zero-order valence-electron chi connectivity index (χ0n) is 11.2. The Bertz CT molecular complexity index is 448. The number of benzene rings is 1. The van der Waals surface area contributed by atoms with Crippen LogP contribution in [0.5, 0.6) is 5.75 Å². The molecule has 0 amide bonds. The number of alkyl halides is 1. The fourth-order valence-corrected chi connectivity index (χ4v) is 4.18. The Morgan fingerprint density at radius 3 is 2.78 bits per heavy atom. The van der Waals surface area contributed by atoms with Crippen LogP contribution in [0.1, 0.15) is 55.5 Å².